The molecule has 0 aliphatic rings. The van der Waals surface area contributed by atoms with Gasteiger partial charge in [0.05, 0.1) is 0 Å². The molecule has 0 bridgehead atoms. The van der Waals surface area contributed by atoms with Crippen LogP contribution in [-0.2, 0) is 25.7 Å². The van der Waals surface area contributed by atoms with Crippen molar-refractivity contribution in [2.75, 3.05) is 0 Å². The molecule has 0 N–H and O–H groups in total. The van der Waals surface area contributed by atoms with Crippen LogP contribution in [0.25, 0.3) is 0 Å². The lowest BCUT2D eigenvalue weighted by atomic mass is 10.2. The van der Waals surface area contributed by atoms with Crippen LogP contribution in [0.3, 0.4) is 0 Å². The Morgan fingerprint density at radius 2 is 1.05 bits per heavy atom. The van der Waals surface area contributed by atoms with Gasteiger partial charge in [0, 0.05) is 16.7 Å². The highest BCUT2D eigenvalue weighted by molar-refractivity contribution is 6.93. The summed E-state index contributed by atoms with van der Waals surface area (Å²) in [5.74, 6) is -0.409. The van der Waals surface area contributed by atoms with Gasteiger partial charge in [0.25, 0.3) is 0 Å². The van der Waals surface area contributed by atoms with Crippen LogP contribution >= 0.6 is 0 Å². The fourth-order valence-corrected chi connectivity index (χ4v) is 23.4. The highest BCUT2D eigenvalue weighted by atomic mass is 28.5. The van der Waals surface area contributed by atoms with E-state index in [2.05, 4.69) is 122 Å². The molecule has 2 unspecified atom stereocenters. The highest BCUT2D eigenvalue weighted by Crippen LogP contribution is 2.48. The van der Waals surface area contributed by atoms with E-state index in [1.54, 1.807) is 6.92 Å². The number of carbonyl (C=O) groups is 1. The van der Waals surface area contributed by atoms with Gasteiger partial charge in [-0.15, -0.1) is 0 Å². The molecule has 6 nitrogen and oxygen atoms in total. The SMILES string of the molecule is C=C(C)C(=O)O[Si](O[Si](O[Si](C)(C)C)(O[Si](C)(C)C(C)(C)C)O[Si](C)(C)C(C)(C)C)(C(C)CC)C(C)CC. The van der Waals surface area contributed by atoms with Gasteiger partial charge in [0.1, 0.15) is 0 Å². The molecule has 38 heavy (non-hydrogen) atoms. The quantitative estimate of drug-likeness (QED) is 0.142. The predicted molar refractivity (Wildman–Crippen MR) is 174 cm³/mol. The van der Waals surface area contributed by atoms with E-state index in [1.165, 1.54) is 0 Å². The standard InChI is InChI=1S/C27H62O6Si5/c1-20-23(5)37(24(6)21-2,29-25(28)22(3)4)33-38(30-34(13,14)15,31-35(16,17)26(7,8)9)32-36(18,19)27(10,11)12/h23-24H,3,20-21H2,1-2,4-19H3. The Morgan fingerprint density at radius 3 is 1.29 bits per heavy atom. The largest absolute Gasteiger partial charge is 0.639 e. The molecule has 0 radical (unpaired) electrons. The van der Waals surface area contributed by atoms with Crippen molar-refractivity contribution < 1.29 is 25.7 Å². The lowest BCUT2D eigenvalue weighted by Crippen LogP contribution is -2.71. The maximum absolute atomic E-state index is 13.2. The number of carbonyl (C=O) groups excluding carboxylic acids is 1. The van der Waals surface area contributed by atoms with Gasteiger partial charge in [-0.1, -0.05) is 88.7 Å². The molecule has 0 aliphatic carbocycles. The first-order valence-electron chi connectivity index (χ1n) is 14.3. The smallest absolute Gasteiger partial charge is 0.491 e. The van der Waals surface area contributed by atoms with Crippen molar-refractivity contribution in [1.82, 2.24) is 0 Å². The fourth-order valence-electron chi connectivity index (χ4n) is 3.34. The molecule has 11 heteroatoms. The minimum absolute atomic E-state index is 0.00360. The van der Waals surface area contributed by atoms with Crippen molar-refractivity contribution in [2.24, 2.45) is 0 Å². The topological polar surface area (TPSA) is 63.2 Å². The van der Waals surface area contributed by atoms with Crippen LogP contribution in [-0.4, -0.2) is 48.5 Å². The van der Waals surface area contributed by atoms with Gasteiger partial charge in [0.2, 0.25) is 0 Å². The van der Waals surface area contributed by atoms with Crippen molar-refractivity contribution in [1.29, 1.82) is 0 Å². The van der Waals surface area contributed by atoms with Crippen molar-refractivity contribution in [3.8, 4) is 0 Å². The minimum atomic E-state index is -3.88. The molecule has 0 fully saturated rings. The van der Waals surface area contributed by atoms with E-state index >= 15 is 0 Å². The molecule has 0 aliphatic heterocycles. The molecule has 0 saturated heterocycles. The lowest BCUT2D eigenvalue weighted by Gasteiger charge is -2.52. The first kappa shape index (κ1) is 38.1. The van der Waals surface area contributed by atoms with Gasteiger partial charge in [-0.25, -0.2) is 4.79 Å². The van der Waals surface area contributed by atoms with Gasteiger partial charge in [-0.05, 0) is 62.8 Å². The second-order valence-corrected chi connectivity index (χ2v) is 36.2. The normalized spacial score (nSPS) is 17.5. The Kier molecular flexibility index (Phi) is 13.0. The van der Waals surface area contributed by atoms with E-state index in [0.717, 1.165) is 12.8 Å². The lowest BCUT2D eigenvalue weighted by molar-refractivity contribution is -0.132. The second kappa shape index (κ2) is 13.0. The first-order chi connectivity index (χ1) is 16.6. The van der Waals surface area contributed by atoms with Crippen LogP contribution in [0, 0.1) is 0 Å². The van der Waals surface area contributed by atoms with Crippen LogP contribution in [0.5, 0.6) is 0 Å². The van der Waals surface area contributed by atoms with E-state index in [0.29, 0.717) is 5.57 Å². The Morgan fingerprint density at radius 1 is 0.711 bits per heavy atom. The van der Waals surface area contributed by atoms with Crippen LogP contribution in [0.4, 0.5) is 0 Å². The third-order valence-corrected chi connectivity index (χ3v) is 31.4. The average Bonchev–Trinajstić information content (AvgIpc) is 2.67. The summed E-state index contributed by atoms with van der Waals surface area (Å²) in [5.41, 5.74) is 0.374. The Labute approximate surface area is 241 Å². The number of hydrogen-bond donors (Lipinski definition) is 0. The van der Waals surface area contributed by atoms with Gasteiger partial charge in [-0.2, -0.15) is 0 Å². The first-order valence-corrected chi connectivity index (χ1v) is 27.1. The molecule has 0 heterocycles. The van der Waals surface area contributed by atoms with Gasteiger partial charge in [0.15, 0.2) is 25.0 Å². The molecule has 0 spiro atoms. The molecule has 0 rings (SSSR count). The van der Waals surface area contributed by atoms with Crippen molar-refractivity contribution in [2.45, 2.75) is 156 Å². The highest BCUT2D eigenvalue weighted by Gasteiger charge is 2.66. The summed E-state index contributed by atoms with van der Waals surface area (Å²) >= 11 is 0. The maximum atomic E-state index is 13.2. The fraction of sp³-hybridized carbons (Fsp3) is 0.889. The summed E-state index contributed by atoms with van der Waals surface area (Å²) in [4.78, 5) is 13.2. The van der Waals surface area contributed by atoms with E-state index in [4.69, 9.17) is 20.9 Å². The minimum Gasteiger partial charge on any atom is -0.491 e. The summed E-state index contributed by atoms with van der Waals surface area (Å²) < 4.78 is 35.6. The van der Waals surface area contributed by atoms with Gasteiger partial charge in [-0.3, -0.25) is 0 Å². The molecule has 2 atom stereocenters. The molecule has 0 aromatic rings. The van der Waals surface area contributed by atoms with E-state index in [-0.39, 0.29) is 21.2 Å². The van der Waals surface area contributed by atoms with Crippen molar-refractivity contribution >= 4 is 48.5 Å². The number of hydrogen-bond acceptors (Lipinski definition) is 6. The van der Waals surface area contributed by atoms with Gasteiger partial charge < -0.3 is 20.9 Å². The molecular formula is C27H62O6Si5. The molecule has 0 saturated carbocycles. The Balaban J connectivity index is 7.65. The zero-order chi connectivity index (χ0) is 30.8. The maximum Gasteiger partial charge on any atom is 0.639 e. The molecular weight excluding hydrogens is 561 g/mol. The van der Waals surface area contributed by atoms with Crippen LogP contribution in [0.1, 0.15) is 89.0 Å². The summed E-state index contributed by atoms with van der Waals surface area (Å²) in [7, 11) is -14.4. The van der Waals surface area contributed by atoms with Gasteiger partial charge >= 0.3 is 23.6 Å². The third-order valence-electron chi connectivity index (χ3n) is 8.29. The summed E-state index contributed by atoms with van der Waals surface area (Å²) in [6, 6.07) is 0. The number of rotatable bonds is 14. The van der Waals surface area contributed by atoms with Crippen molar-refractivity contribution in [3.63, 3.8) is 0 Å². The molecule has 0 aromatic carbocycles. The zero-order valence-corrected chi connectivity index (χ0v) is 33.2. The Bertz CT molecular complexity index is 770. The van der Waals surface area contributed by atoms with Crippen molar-refractivity contribution in [3.05, 3.63) is 12.2 Å². The predicted octanol–water partition coefficient (Wildman–Crippen LogP) is 9.50. The van der Waals surface area contributed by atoms with E-state index < -0.39 is 48.5 Å². The third kappa shape index (κ3) is 9.90. The molecule has 0 aromatic heterocycles. The summed E-state index contributed by atoms with van der Waals surface area (Å²) in [6.07, 6.45) is 1.61. The van der Waals surface area contributed by atoms with Crippen LogP contribution in [0.15, 0.2) is 12.2 Å². The average molecular weight is 623 g/mol. The van der Waals surface area contributed by atoms with E-state index in [1.807, 2.05) is 0 Å². The van der Waals surface area contributed by atoms with Crippen LogP contribution < -0.4 is 0 Å². The summed E-state index contributed by atoms with van der Waals surface area (Å²) in [5, 5.41) is -0.195. The second-order valence-electron chi connectivity index (χ2n) is 15.1. The Hall–Kier alpha value is 0.134. The summed E-state index contributed by atoms with van der Waals surface area (Å²) in [6.45, 7) is 42.7. The zero-order valence-electron chi connectivity index (χ0n) is 28.2. The molecule has 0 amide bonds. The monoisotopic (exact) mass is 622 g/mol. The molecule has 226 valence electrons. The van der Waals surface area contributed by atoms with Crippen LogP contribution in [0.2, 0.25) is 67.0 Å². The van der Waals surface area contributed by atoms with E-state index in [9.17, 15) is 4.79 Å².